The largest absolute Gasteiger partial charge is 0.495 e. The highest BCUT2D eigenvalue weighted by atomic mass is 35.5. The zero-order chi connectivity index (χ0) is 19.4. The van der Waals surface area contributed by atoms with Crippen LogP contribution in [0.15, 0.2) is 23.1 Å². The summed E-state index contributed by atoms with van der Waals surface area (Å²) in [6, 6.07) is 4.56. The number of nitrogens with one attached hydrogen (secondary N) is 3. The van der Waals surface area contributed by atoms with Gasteiger partial charge < -0.3 is 15.4 Å². The molecule has 2 atom stereocenters. The van der Waals surface area contributed by atoms with E-state index in [1.54, 1.807) is 6.07 Å². The molecule has 1 saturated heterocycles. The maximum absolute atomic E-state index is 12.5. The Bertz CT molecular complexity index is 777. The fourth-order valence-electron chi connectivity index (χ4n) is 3.47. The molecule has 1 aliphatic carbocycles. The lowest BCUT2D eigenvalue weighted by Crippen LogP contribution is -2.34. The van der Waals surface area contributed by atoms with Crippen molar-refractivity contribution < 1.29 is 17.9 Å². The third-order valence-electron chi connectivity index (χ3n) is 5.30. The van der Waals surface area contributed by atoms with Gasteiger partial charge in [-0.1, -0.05) is 6.92 Å². The number of hydrogen-bond donors (Lipinski definition) is 3. The maximum Gasteiger partial charge on any atom is 0.240 e. The fraction of sp³-hybridized carbons (Fsp3) is 0.632. The Labute approximate surface area is 173 Å². The summed E-state index contributed by atoms with van der Waals surface area (Å²) < 4.78 is 32.8. The molecule has 28 heavy (non-hydrogen) atoms. The van der Waals surface area contributed by atoms with Gasteiger partial charge in [-0.25, -0.2) is 13.1 Å². The van der Waals surface area contributed by atoms with Gasteiger partial charge in [0, 0.05) is 12.5 Å². The van der Waals surface area contributed by atoms with Gasteiger partial charge in [-0.3, -0.25) is 4.79 Å². The number of ether oxygens (including phenoxy) is 1. The van der Waals surface area contributed by atoms with Crippen LogP contribution in [0, 0.1) is 11.8 Å². The van der Waals surface area contributed by atoms with Crippen molar-refractivity contribution in [1.82, 2.24) is 10.0 Å². The Balaban J connectivity index is 0.00000280. The molecule has 1 aromatic carbocycles. The quantitative estimate of drug-likeness (QED) is 0.587. The first-order valence-electron chi connectivity index (χ1n) is 9.60. The maximum atomic E-state index is 12.5. The standard InChI is InChI=1S/C19H29N3O4S.ClH/c1-13(14-4-3-9-20-12-14)10-19(23)21-17-11-16(7-8-18(17)26-2)27(24,25)22-15-5-6-15;/h7-8,11,13-15,20,22H,3-6,9-10,12H2,1-2H3,(H,21,23);1H. The zero-order valence-electron chi connectivity index (χ0n) is 16.4. The van der Waals surface area contributed by atoms with Gasteiger partial charge in [-0.2, -0.15) is 0 Å². The van der Waals surface area contributed by atoms with E-state index < -0.39 is 10.0 Å². The van der Waals surface area contributed by atoms with E-state index in [9.17, 15) is 13.2 Å². The molecule has 0 spiro atoms. The normalized spacial score (nSPS) is 20.7. The lowest BCUT2D eigenvalue weighted by molar-refractivity contribution is -0.117. The molecule has 1 aromatic rings. The number of piperidine rings is 1. The minimum atomic E-state index is -3.59. The first-order chi connectivity index (χ1) is 12.9. The summed E-state index contributed by atoms with van der Waals surface area (Å²) >= 11 is 0. The highest BCUT2D eigenvalue weighted by Gasteiger charge is 2.28. The van der Waals surface area contributed by atoms with Gasteiger partial charge in [0.2, 0.25) is 15.9 Å². The van der Waals surface area contributed by atoms with Gasteiger partial charge in [0.25, 0.3) is 0 Å². The average molecular weight is 432 g/mol. The predicted octanol–water partition coefficient (Wildman–Crippen LogP) is 2.52. The van der Waals surface area contributed by atoms with Crippen molar-refractivity contribution >= 4 is 34.0 Å². The summed E-state index contributed by atoms with van der Waals surface area (Å²) in [4.78, 5) is 12.7. The number of carbonyl (C=O) groups is 1. The molecule has 1 amide bonds. The molecule has 0 radical (unpaired) electrons. The lowest BCUT2D eigenvalue weighted by atomic mass is 9.85. The lowest BCUT2D eigenvalue weighted by Gasteiger charge is -2.28. The van der Waals surface area contributed by atoms with Gasteiger partial charge in [0.1, 0.15) is 5.75 Å². The average Bonchev–Trinajstić information content (AvgIpc) is 3.45. The van der Waals surface area contributed by atoms with Crippen molar-refractivity contribution in [3.8, 4) is 5.75 Å². The van der Waals surface area contributed by atoms with Gasteiger partial charge in [0.05, 0.1) is 17.7 Å². The van der Waals surface area contributed by atoms with Crippen LogP contribution in [0.1, 0.15) is 39.0 Å². The number of rotatable bonds is 8. The molecule has 3 rings (SSSR count). The second kappa shape index (κ2) is 9.91. The van der Waals surface area contributed by atoms with E-state index in [0.29, 0.717) is 23.8 Å². The molecule has 2 aliphatic rings. The molecule has 0 aromatic heterocycles. The highest BCUT2D eigenvalue weighted by molar-refractivity contribution is 7.89. The monoisotopic (exact) mass is 431 g/mol. The smallest absolute Gasteiger partial charge is 0.240 e. The van der Waals surface area contributed by atoms with Crippen molar-refractivity contribution in [3.63, 3.8) is 0 Å². The van der Waals surface area contributed by atoms with Crippen LogP contribution in [0.5, 0.6) is 5.75 Å². The Hall–Kier alpha value is -1.35. The third kappa shape index (κ3) is 6.07. The molecule has 1 heterocycles. The van der Waals surface area contributed by atoms with Gasteiger partial charge in [-0.15, -0.1) is 12.4 Å². The van der Waals surface area contributed by atoms with Crippen LogP contribution in [0.4, 0.5) is 5.69 Å². The van der Waals surface area contributed by atoms with Crippen LogP contribution < -0.4 is 20.1 Å². The first kappa shape index (κ1) is 22.9. The Morgan fingerprint density at radius 2 is 2.07 bits per heavy atom. The SMILES string of the molecule is COc1ccc(S(=O)(=O)NC2CC2)cc1NC(=O)CC(C)C1CCCNC1.Cl. The third-order valence-corrected chi connectivity index (χ3v) is 6.82. The first-order valence-corrected chi connectivity index (χ1v) is 11.1. The number of amides is 1. The molecule has 1 saturated carbocycles. The van der Waals surface area contributed by atoms with Gasteiger partial charge in [0.15, 0.2) is 0 Å². The summed E-state index contributed by atoms with van der Waals surface area (Å²) in [6.07, 6.45) is 4.40. The molecule has 2 unspecified atom stereocenters. The molecule has 158 valence electrons. The molecule has 0 bridgehead atoms. The van der Waals surface area contributed by atoms with E-state index in [1.165, 1.54) is 19.2 Å². The Kier molecular flexibility index (Phi) is 8.12. The number of benzene rings is 1. The van der Waals surface area contributed by atoms with E-state index in [0.717, 1.165) is 38.8 Å². The van der Waals surface area contributed by atoms with Crippen LogP contribution in [-0.2, 0) is 14.8 Å². The topological polar surface area (TPSA) is 96.5 Å². The van der Waals surface area contributed by atoms with Gasteiger partial charge in [-0.05, 0) is 68.8 Å². The minimum Gasteiger partial charge on any atom is -0.495 e. The summed E-state index contributed by atoms with van der Waals surface area (Å²) in [5.74, 6) is 1.06. The number of carbonyl (C=O) groups excluding carboxylic acids is 1. The van der Waals surface area contributed by atoms with Crippen LogP contribution >= 0.6 is 12.4 Å². The van der Waals surface area contributed by atoms with E-state index >= 15 is 0 Å². The van der Waals surface area contributed by atoms with Crippen LogP contribution in [-0.4, -0.2) is 40.6 Å². The number of anilines is 1. The predicted molar refractivity (Wildman–Crippen MR) is 112 cm³/mol. The van der Waals surface area contributed by atoms with Crippen molar-refractivity contribution in [3.05, 3.63) is 18.2 Å². The minimum absolute atomic E-state index is 0. The van der Waals surface area contributed by atoms with Crippen molar-refractivity contribution in [2.45, 2.75) is 50.0 Å². The molecular formula is C19H30ClN3O4S. The molecule has 7 nitrogen and oxygen atoms in total. The summed E-state index contributed by atoms with van der Waals surface area (Å²) in [5.41, 5.74) is 0.384. The zero-order valence-corrected chi connectivity index (χ0v) is 18.0. The number of sulfonamides is 1. The van der Waals surface area contributed by atoms with Gasteiger partial charge >= 0.3 is 0 Å². The number of hydrogen-bond acceptors (Lipinski definition) is 5. The Morgan fingerprint density at radius 3 is 2.68 bits per heavy atom. The molecule has 9 heteroatoms. The summed E-state index contributed by atoms with van der Waals surface area (Å²) in [6.45, 7) is 4.08. The molecule has 1 aliphatic heterocycles. The van der Waals surface area contributed by atoms with E-state index in [1.807, 2.05) is 0 Å². The van der Waals surface area contributed by atoms with Crippen molar-refractivity contribution in [2.75, 3.05) is 25.5 Å². The van der Waals surface area contributed by atoms with Crippen LogP contribution in [0.3, 0.4) is 0 Å². The second-order valence-electron chi connectivity index (χ2n) is 7.59. The fourth-order valence-corrected chi connectivity index (χ4v) is 4.80. The second-order valence-corrected chi connectivity index (χ2v) is 9.31. The summed E-state index contributed by atoms with van der Waals surface area (Å²) in [5, 5.41) is 6.21. The van der Waals surface area contributed by atoms with E-state index in [2.05, 4.69) is 22.3 Å². The van der Waals surface area contributed by atoms with Crippen molar-refractivity contribution in [2.24, 2.45) is 11.8 Å². The van der Waals surface area contributed by atoms with Crippen molar-refractivity contribution in [1.29, 1.82) is 0 Å². The number of methoxy groups -OCH3 is 1. The molecular weight excluding hydrogens is 402 g/mol. The highest BCUT2D eigenvalue weighted by Crippen LogP contribution is 2.30. The van der Waals surface area contributed by atoms with E-state index in [4.69, 9.17) is 4.74 Å². The Morgan fingerprint density at radius 1 is 1.32 bits per heavy atom. The number of halogens is 1. The van der Waals surface area contributed by atoms with Crippen LogP contribution in [0.25, 0.3) is 0 Å². The van der Waals surface area contributed by atoms with Crippen LogP contribution in [0.2, 0.25) is 0 Å². The van der Waals surface area contributed by atoms with E-state index in [-0.39, 0.29) is 35.2 Å². The molecule has 2 fully saturated rings. The molecule has 3 N–H and O–H groups in total. The summed E-state index contributed by atoms with van der Waals surface area (Å²) in [7, 11) is -2.09.